The van der Waals surface area contributed by atoms with Gasteiger partial charge in [0.05, 0.1) is 0 Å². The molecule has 0 spiro atoms. The third-order valence-corrected chi connectivity index (χ3v) is 2.60. The average Bonchev–Trinajstić information content (AvgIpc) is 2.29. The molecule has 0 fully saturated rings. The van der Waals surface area contributed by atoms with Crippen molar-refractivity contribution in [3.8, 4) is 11.1 Å². The van der Waals surface area contributed by atoms with E-state index in [0.717, 1.165) is 23.2 Å². The standard InChI is InChI=1S/C14H16N2O/c1-10(2)9-13-12(3-4-14(17)16-13)11-5-7-15-8-6-11/h3-8,10H,9H2,1-2H3,(H,16,17). The van der Waals surface area contributed by atoms with Crippen molar-refractivity contribution in [3.05, 3.63) is 52.7 Å². The van der Waals surface area contributed by atoms with Crippen molar-refractivity contribution in [1.29, 1.82) is 0 Å². The molecule has 3 nitrogen and oxygen atoms in total. The Kier molecular flexibility index (Phi) is 3.38. The van der Waals surface area contributed by atoms with Gasteiger partial charge in [-0.25, -0.2) is 0 Å². The number of nitrogens with zero attached hydrogens (tertiary/aromatic N) is 1. The minimum Gasteiger partial charge on any atom is -0.326 e. The van der Waals surface area contributed by atoms with Crippen molar-refractivity contribution < 1.29 is 0 Å². The Bertz CT molecular complexity index is 544. The molecule has 88 valence electrons. The molecule has 0 aliphatic rings. The molecule has 2 aromatic rings. The minimum absolute atomic E-state index is 0.0431. The van der Waals surface area contributed by atoms with Crippen LogP contribution in [0.25, 0.3) is 11.1 Å². The molecule has 0 unspecified atom stereocenters. The number of pyridine rings is 2. The van der Waals surface area contributed by atoms with Crippen LogP contribution in [0, 0.1) is 5.92 Å². The van der Waals surface area contributed by atoms with Crippen molar-refractivity contribution >= 4 is 0 Å². The lowest BCUT2D eigenvalue weighted by molar-refractivity contribution is 0.635. The topological polar surface area (TPSA) is 45.8 Å². The van der Waals surface area contributed by atoms with Crippen molar-refractivity contribution in [2.45, 2.75) is 20.3 Å². The van der Waals surface area contributed by atoms with E-state index >= 15 is 0 Å². The van der Waals surface area contributed by atoms with Gasteiger partial charge in [0, 0.05) is 29.7 Å². The first-order valence-electron chi connectivity index (χ1n) is 5.79. The summed E-state index contributed by atoms with van der Waals surface area (Å²) in [6.45, 7) is 4.28. The Morgan fingerprint density at radius 2 is 1.88 bits per heavy atom. The van der Waals surface area contributed by atoms with Gasteiger partial charge in [-0.1, -0.05) is 13.8 Å². The maximum absolute atomic E-state index is 11.4. The maximum atomic E-state index is 11.4. The van der Waals surface area contributed by atoms with Gasteiger partial charge >= 0.3 is 0 Å². The fraction of sp³-hybridized carbons (Fsp3) is 0.286. The molecule has 0 radical (unpaired) electrons. The van der Waals surface area contributed by atoms with Crippen molar-refractivity contribution in [2.75, 3.05) is 0 Å². The highest BCUT2D eigenvalue weighted by molar-refractivity contribution is 5.65. The SMILES string of the molecule is CC(C)Cc1[nH]c(=O)ccc1-c1ccncc1. The highest BCUT2D eigenvalue weighted by Crippen LogP contribution is 2.22. The highest BCUT2D eigenvalue weighted by atomic mass is 16.1. The summed E-state index contributed by atoms with van der Waals surface area (Å²) in [5.41, 5.74) is 3.13. The molecule has 17 heavy (non-hydrogen) atoms. The van der Waals surface area contributed by atoms with Crippen LogP contribution in [0.5, 0.6) is 0 Å². The Morgan fingerprint density at radius 1 is 1.18 bits per heavy atom. The fourth-order valence-electron chi connectivity index (χ4n) is 1.89. The summed E-state index contributed by atoms with van der Waals surface area (Å²) < 4.78 is 0. The van der Waals surface area contributed by atoms with Crippen LogP contribution in [0.4, 0.5) is 0 Å². The minimum atomic E-state index is -0.0431. The normalized spacial score (nSPS) is 10.8. The van der Waals surface area contributed by atoms with Crippen LogP contribution >= 0.6 is 0 Å². The largest absolute Gasteiger partial charge is 0.326 e. The van der Waals surface area contributed by atoms with Crippen LogP contribution in [0.3, 0.4) is 0 Å². The number of rotatable bonds is 3. The number of aromatic amines is 1. The van der Waals surface area contributed by atoms with E-state index in [-0.39, 0.29) is 5.56 Å². The number of nitrogens with one attached hydrogen (secondary N) is 1. The van der Waals surface area contributed by atoms with Gasteiger partial charge in [0.15, 0.2) is 0 Å². The van der Waals surface area contributed by atoms with E-state index in [1.807, 2.05) is 18.2 Å². The van der Waals surface area contributed by atoms with Crippen molar-refractivity contribution in [2.24, 2.45) is 5.92 Å². The molecule has 0 aliphatic carbocycles. The molecule has 2 aromatic heterocycles. The fourth-order valence-corrected chi connectivity index (χ4v) is 1.89. The third kappa shape index (κ3) is 2.81. The zero-order chi connectivity index (χ0) is 12.3. The van der Waals surface area contributed by atoms with Crippen LogP contribution in [0.2, 0.25) is 0 Å². The second-order valence-corrected chi connectivity index (χ2v) is 4.55. The van der Waals surface area contributed by atoms with Gasteiger partial charge in [0.1, 0.15) is 0 Å². The van der Waals surface area contributed by atoms with E-state index in [0.29, 0.717) is 5.92 Å². The summed E-state index contributed by atoms with van der Waals surface area (Å²) in [5, 5.41) is 0. The Morgan fingerprint density at radius 3 is 2.53 bits per heavy atom. The van der Waals surface area contributed by atoms with E-state index < -0.39 is 0 Å². The Labute approximate surface area is 101 Å². The molecule has 0 saturated carbocycles. The molecule has 0 atom stereocenters. The highest BCUT2D eigenvalue weighted by Gasteiger charge is 2.07. The first kappa shape index (κ1) is 11.6. The zero-order valence-corrected chi connectivity index (χ0v) is 10.1. The first-order valence-corrected chi connectivity index (χ1v) is 5.79. The molecule has 2 rings (SSSR count). The molecular weight excluding hydrogens is 212 g/mol. The number of hydrogen-bond donors (Lipinski definition) is 1. The predicted octanol–water partition coefficient (Wildman–Crippen LogP) is 2.64. The molecule has 0 bridgehead atoms. The molecule has 0 aliphatic heterocycles. The zero-order valence-electron chi connectivity index (χ0n) is 10.1. The summed E-state index contributed by atoms with van der Waals surface area (Å²) in [6.07, 6.45) is 4.40. The third-order valence-electron chi connectivity index (χ3n) is 2.60. The monoisotopic (exact) mass is 228 g/mol. The van der Waals surface area contributed by atoms with Gasteiger partial charge in [-0.05, 0) is 36.1 Å². The first-order chi connectivity index (χ1) is 8.16. The van der Waals surface area contributed by atoms with E-state index in [2.05, 4.69) is 23.8 Å². The lowest BCUT2D eigenvalue weighted by Gasteiger charge is -2.11. The van der Waals surface area contributed by atoms with Crippen LogP contribution < -0.4 is 5.56 Å². The van der Waals surface area contributed by atoms with Crippen LogP contribution in [-0.2, 0) is 6.42 Å². The molecule has 0 saturated heterocycles. The smallest absolute Gasteiger partial charge is 0.248 e. The summed E-state index contributed by atoms with van der Waals surface area (Å²) in [4.78, 5) is 18.3. The van der Waals surface area contributed by atoms with Crippen molar-refractivity contribution in [1.82, 2.24) is 9.97 Å². The lowest BCUT2D eigenvalue weighted by atomic mass is 9.99. The maximum Gasteiger partial charge on any atom is 0.248 e. The summed E-state index contributed by atoms with van der Waals surface area (Å²) in [5.74, 6) is 0.508. The number of aromatic nitrogens is 2. The van der Waals surface area contributed by atoms with Crippen molar-refractivity contribution in [3.63, 3.8) is 0 Å². The van der Waals surface area contributed by atoms with Gasteiger partial charge in [-0.2, -0.15) is 0 Å². The van der Waals surface area contributed by atoms with Gasteiger partial charge in [-0.15, -0.1) is 0 Å². The van der Waals surface area contributed by atoms with Gasteiger partial charge < -0.3 is 4.98 Å². The molecular formula is C14H16N2O. The van der Waals surface area contributed by atoms with Gasteiger partial charge in [-0.3, -0.25) is 9.78 Å². The van der Waals surface area contributed by atoms with Gasteiger partial charge in [0.2, 0.25) is 5.56 Å². The van der Waals surface area contributed by atoms with Crippen LogP contribution in [0.1, 0.15) is 19.5 Å². The van der Waals surface area contributed by atoms with Crippen LogP contribution in [0.15, 0.2) is 41.5 Å². The van der Waals surface area contributed by atoms with E-state index in [4.69, 9.17) is 0 Å². The number of hydrogen-bond acceptors (Lipinski definition) is 2. The second kappa shape index (κ2) is 4.95. The van der Waals surface area contributed by atoms with E-state index in [1.165, 1.54) is 0 Å². The quantitative estimate of drug-likeness (QED) is 0.877. The predicted molar refractivity (Wildman–Crippen MR) is 68.8 cm³/mol. The summed E-state index contributed by atoms with van der Waals surface area (Å²) in [6, 6.07) is 7.36. The van der Waals surface area contributed by atoms with E-state index in [9.17, 15) is 4.79 Å². The summed E-state index contributed by atoms with van der Waals surface area (Å²) >= 11 is 0. The molecule has 0 aromatic carbocycles. The Hall–Kier alpha value is -1.90. The van der Waals surface area contributed by atoms with E-state index in [1.54, 1.807) is 18.5 Å². The number of H-pyrrole nitrogens is 1. The average molecular weight is 228 g/mol. The molecule has 3 heteroatoms. The second-order valence-electron chi connectivity index (χ2n) is 4.55. The summed E-state index contributed by atoms with van der Waals surface area (Å²) in [7, 11) is 0. The van der Waals surface area contributed by atoms with Gasteiger partial charge in [0.25, 0.3) is 0 Å². The lowest BCUT2D eigenvalue weighted by Crippen LogP contribution is -2.10. The Balaban J connectivity index is 2.50. The molecule has 2 heterocycles. The molecule has 1 N–H and O–H groups in total. The van der Waals surface area contributed by atoms with Crippen LogP contribution in [-0.4, -0.2) is 9.97 Å². The molecule has 0 amide bonds.